The van der Waals surface area contributed by atoms with Crippen LogP contribution in [-0.4, -0.2) is 59.5 Å². The maximum atomic E-state index is 13.1. The highest BCUT2D eigenvalue weighted by Gasteiger charge is 2.22. The summed E-state index contributed by atoms with van der Waals surface area (Å²) in [6.45, 7) is 8.81. The van der Waals surface area contributed by atoms with Gasteiger partial charge in [-0.25, -0.2) is 0 Å². The van der Waals surface area contributed by atoms with Gasteiger partial charge in [-0.3, -0.25) is 9.59 Å². The van der Waals surface area contributed by atoms with Crippen LogP contribution in [-0.2, 0) is 27.4 Å². The van der Waals surface area contributed by atoms with Crippen LogP contribution in [0.5, 0.6) is 0 Å². The minimum atomic E-state index is -0.0537. The summed E-state index contributed by atoms with van der Waals surface area (Å²) in [6.07, 6.45) is 2.44. The zero-order valence-corrected chi connectivity index (χ0v) is 18.7. The summed E-state index contributed by atoms with van der Waals surface area (Å²) >= 11 is 0. The Bertz CT molecular complexity index is 786. The number of hydrogen-bond donors (Lipinski definition) is 0. The van der Waals surface area contributed by atoms with Crippen molar-refractivity contribution in [1.29, 1.82) is 0 Å². The number of carbonyl (C=O) groups excluding carboxylic acids is 2. The molecule has 0 atom stereocenters. The second-order valence-corrected chi connectivity index (χ2v) is 7.94. The number of carbonyl (C=O) groups is 2. The smallest absolute Gasteiger partial charge is 0.242 e. The first-order valence-corrected chi connectivity index (χ1v) is 10.7. The van der Waals surface area contributed by atoms with E-state index in [2.05, 4.69) is 30.5 Å². The molecule has 1 heterocycles. The van der Waals surface area contributed by atoms with Gasteiger partial charge in [-0.05, 0) is 23.6 Å². The zero-order valence-electron chi connectivity index (χ0n) is 18.7. The van der Waals surface area contributed by atoms with E-state index in [1.54, 1.807) is 16.9 Å². The molecule has 2 amide bonds. The van der Waals surface area contributed by atoms with Crippen LogP contribution in [0.2, 0.25) is 0 Å². The number of ether oxygens (including phenoxy) is 1. The Morgan fingerprint density at radius 2 is 1.77 bits per heavy atom. The van der Waals surface area contributed by atoms with Crippen molar-refractivity contribution in [2.24, 2.45) is 5.92 Å². The van der Waals surface area contributed by atoms with E-state index >= 15 is 0 Å². The number of nitrogens with zero attached hydrogens (tertiary/aromatic N) is 3. The predicted octanol–water partition coefficient (Wildman–Crippen LogP) is 3.41. The van der Waals surface area contributed by atoms with Crippen molar-refractivity contribution >= 4 is 11.8 Å². The van der Waals surface area contributed by atoms with Gasteiger partial charge < -0.3 is 19.1 Å². The van der Waals surface area contributed by atoms with Crippen LogP contribution in [0.15, 0.2) is 48.7 Å². The first-order valence-electron chi connectivity index (χ1n) is 10.7. The summed E-state index contributed by atoms with van der Waals surface area (Å²) < 4.78 is 7.38. The molecule has 6 nitrogen and oxygen atoms in total. The fourth-order valence-electron chi connectivity index (χ4n) is 3.40. The van der Waals surface area contributed by atoms with Crippen molar-refractivity contribution in [3.05, 3.63) is 59.9 Å². The predicted molar refractivity (Wildman–Crippen MR) is 119 cm³/mol. The monoisotopic (exact) mass is 413 g/mol. The lowest BCUT2D eigenvalue weighted by molar-refractivity contribution is -0.141. The number of methoxy groups -OCH3 is 1. The standard InChI is InChI=1S/C24H35N3O3/c1-5-23(28)27(16-20(2)3)19-24(29)26(14-15-30-4)18-22-12-9-13-25(22)17-21-10-7-6-8-11-21/h6-13,20H,5,14-19H2,1-4H3. The molecule has 2 rings (SSSR count). The molecule has 2 aromatic rings. The molecule has 0 radical (unpaired) electrons. The second-order valence-electron chi connectivity index (χ2n) is 7.94. The highest BCUT2D eigenvalue weighted by atomic mass is 16.5. The van der Waals surface area contributed by atoms with Gasteiger partial charge in [-0.2, -0.15) is 0 Å². The Kier molecular flexibility index (Phi) is 9.61. The van der Waals surface area contributed by atoms with Gasteiger partial charge in [0.2, 0.25) is 11.8 Å². The van der Waals surface area contributed by atoms with E-state index in [9.17, 15) is 9.59 Å². The lowest BCUT2D eigenvalue weighted by Gasteiger charge is -2.29. The topological polar surface area (TPSA) is 54.8 Å². The molecule has 0 fully saturated rings. The van der Waals surface area contributed by atoms with Crippen LogP contribution in [0.4, 0.5) is 0 Å². The van der Waals surface area contributed by atoms with E-state index in [0.717, 1.165) is 12.2 Å². The number of aromatic nitrogens is 1. The average Bonchev–Trinajstić information content (AvgIpc) is 3.16. The van der Waals surface area contributed by atoms with Crippen molar-refractivity contribution in [2.75, 3.05) is 33.4 Å². The van der Waals surface area contributed by atoms with Gasteiger partial charge in [-0.1, -0.05) is 51.1 Å². The number of benzene rings is 1. The van der Waals surface area contributed by atoms with Crippen molar-refractivity contribution < 1.29 is 14.3 Å². The third-order valence-electron chi connectivity index (χ3n) is 4.96. The third kappa shape index (κ3) is 7.34. The number of rotatable bonds is 12. The molecule has 30 heavy (non-hydrogen) atoms. The van der Waals surface area contributed by atoms with Gasteiger partial charge in [0.1, 0.15) is 0 Å². The largest absolute Gasteiger partial charge is 0.383 e. The van der Waals surface area contributed by atoms with E-state index in [0.29, 0.717) is 38.6 Å². The highest BCUT2D eigenvalue weighted by molar-refractivity contribution is 5.84. The first kappa shape index (κ1) is 23.7. The SMILES string of the molecule is CCC(=O)N(CC(=O)N(CCOC)Cc1cccn1Cc1ccccc1)CC(C)C. The van der Waals surface area contributed by atoms with Crippen molar-refractivity contribution in [2.45, 2.75) is 40.3 Å². The van der Waals surface area contributed by atoms with E-state index in [-0.39, 0.29) is 18.4 Å². The number of amides is 2. The van der Waals surface area contributed by atoms with Gasteiger partial charge in [-0.15, -0.1) is 0 Å². The summed E-state index contributed by atoms with van der Waals surface area (Å²) in [5.74, 6) is 0.266. The van der Waals surface area contributed by atoms with E-state index in [4.69, 9.17) is 4.74 Å². The van der Waals surface area contributed by atoms with Crippen LogP contribution in [0, 0.1) is 5.92 Å². The lowest BCUT2D eigenvalue weighted by atomic mass is 10.2. The summed E-state index contributed by atoms with van der Waals surface area (Å²) in [5, 5.41) is 0. The van der Waals surface area contributed by atoms with Crippen LogP contribution < -0.4 is 0 Å². The van der Waals surface area contributed by atoms with Crippen LogP contribution in [0.25, 0.3) is 0 Å². The maximum Gasteiger partial charge on any atom is 0.242 e. The molecule has 1 aromatic heterocycles. The Morgan fingerprint density at radius 1 is 1.03 bits per heavy atom. The molecule has 1 aromatic carbocycles. The van der Waals surface area contributed by atoms with Crippen LogP contribution >= 0.6 is 0 Å². The lowest BCUT2D eigenvalue weighted by Crippen LogP contribution is -2.45. The molecule has 0 aliphatic heterocycles. The van der Waals surface area contributed by atoms with Crippen molar-refractivity contribution in [3.63, 3.8) is 0 Å². The molecule has 0 saturated heterocycles. The van der Waals surface area contributed by atoms with Gasteiger partial charge in [0, 0.05) is 45.1 Å². The zero-order chi connectivity index (χ0) is 21.9. The molecule has 0 aliphatic rings. The number of hydrogen-bond acceptors (Lipinski definition) is 3. The van der Waals surface area contributed by atoms with E-state index in [1.165, 1.54) is 5.56 Å². The fraction of sp³-hybridized carbons (Fsp3) is 0.500. The normalized spacial score (nSPS) is 11.0. The summed E-state index contributed by atoms with van der Waals surface area (Å²) in [4.78, 5) is 28.9. The quantitative estimate of drug-likeness (QED) is 0.536. The highest BCUT2D eigenvalue weighted by Crippen LogP contribution is 2.12. The Morgan fingerprint density at radius 3 is 2.40 bits per heavy atom. The van der Waals surface area contributed by atoms with Crippen LogP contribution in [0.1, 0.15) is 38.4 Å². The van der Waals surface area contributed by atoms with Crippen LogP contribution in [0.3, 0.4) is 0 Å². The van der Waals surface area contributed by atoms with Crippen molar-refractivity contribution in [3.8, 4) is 0 Å². The maximum absolute atomic E-state index is 13.1. The summed E-state index contributed by atoms with van der Waals surface area (Å²) in [5.41, 5.74) is 2.27. The minimum absolute atomic E-state index is 0.0104. The van der Waals surface area contributed by atoms with E-state index in [1.807, 2.05) is 43.5 Å². The Balaban J connectivity index is 2.12. The van der Waals surface area contributed by atoms with Gasteiger partial charge in [0.05, 0.1) is 19.7 Å². The molecule has 0 spiro atoms. The minimum Gasteiger partial charge on any atom is -0.383 e. The second kappa shape index (κ2) is 12.2. The Hall–Kier alpha value is -2.60. The van der Waals surface area contributed by atoms with E-state index < -0.39 is 0 Å². The summed E-state index contributed by atoms with van der Waals surface area (Å²) in [6, 6.07) is 14.3. The molecule has 0 N–H and O–H groups in total. The molecular weight excluding hydrogens is 378 g/mol. The molecule has 0 saturated carbocycles. The molecule has 0 bridgehead atoms. The van der Waals surface area contributed by atoms with Gasteiger partial charge >= 0.3 is 0 Å². The molecule has 0 unspecified atom stereocenters. The summed E-state index contributed by atoms with van der Waals surface area (Å²) in [7, 11) is 1.63. The Labute approximate surface area is 180 Å². The van der Waals surface area contributed by atoms with Crippen molar-refractivity contribution in [1.82, 2.24) is 14.4 Å². The molecule has 164 valence electrons. The van der Waals surface area contributed by atoms with Gasteiger partial charge in [0.15, 0.2) is 0 Å². The molecular formula is C24H35N3O3. The molecule has 0 aliphatic carbocycles. The average molecular weight is 414 g/mol. The fourth-order valence-corrected chi connectivity index (χ4v) is 3.40. The molecule has 6 heteroatoms. The first-order chi connectivity index (χ1) is 14.4. The van der Waals surface area contributed by atoms with Gasteiger partial charge in [0.25, 0.3) is 0 Å². The third-order valence-corrected chi connectivity index (χ3v) is 4.96.